The molecule has 0 unspecified atom stereocenters. The number of hydrogen-bond donors (Lipinski definition) is 0. The van der Waals surface area contributed by atoms with Gasteiger partial charge in [-0.15, -0.1) is 0 Å². The third-order valence-electron chi connectivity index (χ3n) is 4.31. The minimum Gasteiger partial charge on any atom is -0.493 e. The van der Waals surface area contributed by atoms with Crippen LogP contribution in [0.25, 0.3) is 12.2 Å². The second-order valence-electron chi connectivity index (χ2n) is 6.37. The number of ether oxygens (including phenoxy) is 2. The van der Waals surface area contributed by atoms with E-state index in [1.54, 1.807) is 14.2 Å². The molecule has 0 aliphatic heterocycles. The zero-order valence-electron chi connectivity index (χ0n) is 16.2. The lowest BCUT2D eigenvalue weighted by Gasteiger charge is -2.07. The summed E-state index contributed by atoms with van der Waals surface area (Å²) in [6.45, 7) is 2.24. The number of aromatic nitrogens is 2. The molecular formula is C21H30N2O3. The molecule has 0 radical (unpaired) electrons. The highest BCUT2D eigenvalue weighted by Gasteiger charge is 2.05. The number of nitrogens with zero attached hydrogens (tertiary/aromatic N) is 2. The standard InChI is InChI=1S/C21H30N2O3/c1-4-5-6-7-8-9-10-11-20-22-21(26-23-20)15-13-17-12-14-18(24-2)19(16-17)25-3/h12-16H,4-11H2,1-3H3. The van der Waals surface area contributed by atoms with E-state index in [4.69, 9.17) is 14.0 Å². The summed E-state index contributed by atoms with van der Waals surface area (Å²) in [5, 5.41) is 4.05. The molecule has 2 aromatic rings. The van der Waals surface area contributed by atoms with Crippen LogP contribution in [0.15, 0.2) is 22.7 Å². The molecule has 0 spiro atoms. The zero-order valence-corrected chi connectivity index (χ0v) is 16.2. The Bertz CT molecular complexity index is 680. The Hall–Kier alpha value is -2.30. The summed E-state index contributed by atoms with van der Waals surface area (Å²) < 4.78 is 15.8. The maximum atomic E-state index is 5.31. The van der Waals surface area contributed by atoms with E-state index in [1.807, 2.05) is 30.4 Å². The van der Waals surface area contributed by atoms with E-state index >= 15 is 0 Å². The zero-order chi connectivity index (χ0) is 18.6. The topological polar surface area (TPSA) is 57.4 Å². The molecule has 0 saturated heterocycles. The van der Waals surface area contributed by atoms with Gasteiger partial charge in [-0.1, -0.05) is 56.7 Å². The molecule has 5 heteroatoms. The Balaban J connectivity index is 1.79. The van der Waals surface area contributed by atoms with Crippen molar-refractivity contribution in [3.05, 3.63) is 35.5 Å². The summed E-state index contributed by atoms with van der Waals surface area (Å²) in [6, 6.07) is 5.73. The van der Waals surface area contributed by atoms with Gasteiger partial charge in [0.25, 0.3) is 5.89 Å². The molecule has 0 aliphatic rings. The molecule has 1 heterocycles. The van der Waals surface area contributed by atoms with Crippen LogP contribution in [0.3, 0.4) is 0 Å². The van der Waals surface area contributed by atoms with Gasteiger partial charge in [0.1, 0.15) is 0 Å². The minimum atomic E-state index is 0.526. The van der Waals surface area contributed by atoms with Crippen molar-refractivity contribution in [1.82, 2.24) is 10.1 Å². The average Bonchev–Trinajstić information content (AvgIpc) is 3.13. The van der Waals surface area contributed by atoms with Gasteiger partial charge in [-0.05, 0) is 30.2 Å². The molecule has 5 nitrogen and oxygen atoms in total. The van der Waals surface area contributed by atoms with Gasteiger partial charge in [0.05, 0.1) is 14.2 Å². The number of hydrogen-bond acceptors (Lipinski definition) is 5. The van der Waals surface area contributed by atoms with Crippen LogP contribution in [0.5, 0.6) is 11.5 Å². The second kappa shape index (κ2) is 11.3. The second-order valence-corrected chi connectivity index (χ2v) is 6.37. The molecule has 0 aliphatic carbocycles. The highest BCUT2D eigenvalue weighted by molar-refractivity contribution is 5.67. The first-order chi connectivity index (χ1) is 12.8. The van der Waals surface area contributed by atoms with Crippen LogP contribution in [0.1, 0.15) is 69.1 Å². The van der Waals surface area contributed by atoms with Gasteiger partial charge in [0, 0.05) is 12.5 Å². The van der Waals surface area contributed by atoms with Crippen molar-refractivity contribution < 1.29 is 14.0 Å². The van der Waals surface area contributed by atoms with E-state index in [9.17, 15) is 0 Å². The van der Waals surface area contributed by atoms with Crippen LogP contribution < -0.4 is 9.47 Å². The molecule has 0 fully saturated rings. The van der Waals surface area contributed by atoms with Crippen molar-refractivity contribution in [3.63, 3.8) is 0 Å². The molecule has 0 amide bonds. The van der Waals surface area contributed by atoms with Crippen molar-refractivity contribution in [3.8, 4) is 11.5 Å². The Labute approximate surface area is 156 Å². The largest absolute Gasteiger partial charge is 0.493 e. The molecular weight excluding hydrogens is 328 g/mol. The fourth-order valence-electron chi connectivity index (χ4n) is 2.80. The number of unbranched alkanes of at least 4 members (excludes halogenated alkanes) is 6. The van der Waals surface area contributed by atoms with E-state index in [1.165, 1.54) is 38.5 Å². The quantitative estimate of drug-likeness (QED) is 0.466. The van der Waals surface area contributed by atoms with Crippen molar-refractivity contribution >= 4 is 12.2 Å². The van der Waals surface area contributed by atoms with Crippen molar-refractivity contribution in [2.75, 3.05) is 14.2 Å². The van der Waals surface area contributed by atoms with Crippen molar-refractivity contribution in [2.24, 2.45) is 0 Å². The van der Waals surface area contributed by atoms with Crippen molar-refractivity contribution in [1.29, 1.82) is 0 Å². The highest BCUT2D eigenvalue weighted by atomic mass is 16.5. The normalized spacial score (nSPS) is 11.2. The van der Waals surface area contributed by atoms with Gasteiger partial charge in [-0.3, -0.25) is 0 Å². The molecule has 0 N–H and O–H groups in total. The lowest BCUT2D eigenvalue weighted by atomic mass is 10.1. The SMILES string of the molecule is CCCCCCCCCc1noc(C=Cc2ccc(OC)c(OC)c2)n1. The van der Waals surface area contributed by atoms with E-state index in [2.05, 4.69) is 17.1 Å². The molecule has 0 saturated carbocycles. The number of rotatable bonds is 12. The fourth-order valence-corrected chi connectivity index (χ4v) is 2.80. The number of aryl methyl sites for hydroxylation is 1. The van der Waals surface area contributed by atoms with Crippen LogP contribution in [0.4, 0.5) is 0 Å². The van der Waals surface area contributed by atoms with Gasteiger partial charge in [0.2, 0.25) is 0 Å². The van der Waals surface area contributed by atoms with Gasteiger partial charge < -0.3 is 14.0 Å². The maximum Gasteiger partial charge on any atom is 0.250 e. The molecule has 1 aromatic heterocycles. The number of methoxy groups -OCH3 is 2. The minimum absolute atomic E-state index is 0.526. The molecule has 26 heavy (non-hydrogen) atoms. The summed E-state index contributed by atoms with van der Waals surface area (Å²) in [7, 11) is 3.25. The van der Waals surface area contributed by atoms with Crippen LogP contribution in [-0.2, 0) is 6.42 Å². The Morgan fingerprint density at radius 2 is 1.65 bits per heavy atom. The van der Waals surface area contributed by atoms with Crippen LogP contribution >= 0.6 is 0 Å². The molecule has 2 rings (SSSR count). The summed E-state index contributed by atoms with van der Waals surface area (Å²) in [5.41, 5.74) is 0.981. The highest BCUT2D eigenvalue weighted by Crippen LogP contribution is 2.28. The lowest BCUT2D eigenvalue weighted by molar-refractivity contribution is 0.355. The van der Waals surface area contributed by atoms with Crippen molar-refractivity contribution in [2.45, 2.75) is 58.3 Å². The molecule has 142 valence electrons. The fraction of sp³-hybridized carbons (Fsp3) is 0.524. The monoisotopic (exact) mass is 358 g/mol. The summed E-state index contributed by atoms with van der Waals surface area (Å²) in [6.07, 6.45) is 13.6. The average molecular weight is 358 g/mol. The lowest BCUT2D eigenvalue weighted by Crippen LogP contribution is -1.90. The molecule has 1 aromatic carbocycles. The number of benzene rings is 1. The van der Waals surface area contributed by atoms with Crippen LogP contribution in [0, 0.1) is 0 Å². The maximum absolute atomic E-state index is 5.31. The van der Waals surface area contributed by atoms with E-state index in [0.717, 1.165) is 24.2 Å². The molecule has 0 atom stereocenters. The predicted molar refractivity (Wildman–Crippen MR) is 104 cm³/mol. The smallest absolute Gasteiger partial charge is 0.250 e. The Morgan fingerprint density at radius 3 is 2.38 bits per heavy atom. The predicted octanol–water partition coefficient (Wildman–Crippen LogP) is 5.55. The summed E-state index contributed by atoms with van der Waals surface area (Å²) in [5.74, 6) is 2.71. The Kier molecular flexibility index (Phi) is 8.73. The molecule has 0 bridgehead atoms. The van der Waals surface area contributed by atoms with Gasteiger partial charge in [-0.25, -0.2) is 0 Å². The van der Waals surface area contributed by atoms with E-state index in [-0.39, 0.29) is 0 Å². The first kappa shape index (κ1) is 20.0. The first-order valence-electron chi connectivity index (χ1n) is 9.49. The Morgan fingerprint density at radius 1 is 0.923 bits per heavy atom. The van der Waals surface area contributed by atoms with Gasteiger partial charge in [0.15, 0.2) is 17.3 Å². The van der Waals surface area contributed by atoms with E-state index < -0.39 is 0 Å². The summed E-state index contributed by atoms with van der Waals surface area (Å²) >= 11 is 0. The third kappa shape index (κ3) is 6.54. The van der Waals surface area contributed by atoms with Gasteiger partial charge >= 0.3 is 0 Å². The first-order valence-corrected chi connectivity index (χ1v) is 9.49. The van der Waals surface area contributed by atoms with Crippen LogP contribution in [0.2, 0.25) is 0 Å². The van der Waals surface area contributed by atoms with Gasteiger partial charge in [-0.2, -0.15) is 4.98 Å². The van der Waals surface area contributed by atoms with Crippen LogP contribution in [-0.4, -0.2) is 24.4 Å². The van der Waals surface area contributed by atoms with E-state index in [0.29, 0.717) is 17.4 Å². The summed E-state index contributed by atoms with van der Waals surface area (Å²) in [4.78, 5) is 4.43. The third-order valence-corrected chi connectivity index (χ3v) is 4.31.